The van der Waals surface area contributed by atoms with Crippen LogP contribution in [0.15, 0.2) is 0 Å². The molecule has 1 rings (SSSR count). The summed E-state index contributed by atoms with van der Waals surface area (Å²) in [6.07, 6.45) is 3.40. The maximum Gasteiger partial charge on any atom is 0.212 e. The molecule has 0 amide bonds. The summed E-state index contributed by atoms with van der Waals surface area (Å²) in [5.74, 6) is 0.717. The average molecular weight is 277 g/mol. The molecule has 0 aromatic rings. The zero-order valence-corrected chi connectivity index (χ0v) is 12.8. The molecule has 0 aromatic heterocycles. The topological polar surface area (TPSA) is 66.4 Å². The molecule has 0 aromatic carbocycles. The van der Waals surface area contributed by atoms with Crippen molar-refractivity contribution in [3.05, 3.63) is 0 Å². The van der Waals surface area contributed by atoms with Crippen LogP contribution in [0.5, 0.6) is 0 Å². The highest BCUT2D eigenvalue weighted by molar-refractivity contribution is 7.89. The molecule has 0 heterocycles. The summed E-state index contributed by atoms with van der Waals surface area (Å²) in [5.41, 5.74) is -0.902. The highest BCUT2D eigenvalue weighted by Crippen LogP contribution is 2.32. The average Bonchev–Trinajstić information content (AvgIpc) is 2.18. The quantitative estimate of drug-likeness (QED) is 0.824. The third kappa shape index (κ3) is 4.86. The van der Waals surface area contributed by atoms with Crippen molar-refractivity contribution in [2.45, 2.75) is 58.9 Å². The fourth-order valence-corrected chi connectivity index (χ4v) is 4.68. The van der Waals surface area contributed by atoms with Gasteiger partial charge in [0.25, 0.3) is 0 Å². The fraction of sp³-hybridized carbons (Fsp3) is 1.00. The summed E-state index contributed by atoms with van der Waals surface area (Å²) in [6, 6.07) is 0. The molecule has 5 heteroatoms. The third-order valence-electron chi connectivity index (χ3n) is 3.53. The Hall–Kier alpha value is -0.130. The van der Waals surface area contributed by atoms with E-state index in [2.05, 4.69) is 11.6 Å². The Morgan fingerprint density at radius 1 is 1.28 bits per heavy atom. The molecule has 4 nitrogen and oxygen atoms in total. The first-order valence-corrected chi connectivity index (χ1v) is 8.35. The highest BCUT2D eigenvalue weighted by atomic mass is 32.2. The lowest BCUT2D eigenvalue weighted by atomic mass is 9.78. The lowest BCUT2D eigenvalue weighted by Crippen LogP contribution is -2.54. The first kappa shape index (κ1) is 15.9. The molecule has 1 fully saturated rings. The monoisotopic (exact) mass is 277 g/mol. The summed E-state index contributed by atoms with van der Waals surface area (Å²) in [6.45, 7) is 7.77. The second-order valence-electron chi connectivity index (χ2n) is 7.04. The fourth-order valence-electron chi connectivity index (χ4n) is 2.54. The van der Waals surface area contributed by atoms with Gasteiger partial charge in [0, 0.05) is 0 Å². The van der Waals surface area contributed by atoms with Crippen LogP contribution in [0, 0.1) is 11.3 Å². The molecule has 1 aliphatic rings. The number of nitrogens with one attached hydrogen (secondary N) is 1. The minimum absolute atomic E-state index is 0.0945. The van der Waals surface area contributed by atoms with Gasteiger partial charge in [0.2, 0.25) is 10.0 Å². The second kappa shape index (κ2) is 5.47. The van der Waals surface area contributed by atoms with E-state index >= 15 is 0 Å². The van der Waals surface area contributed by atoms with Crippen LogP contribution in [0.1, 0.15) is 53.4 Å². The molecule has 0 spiro atoms. The summed E-state index contributed by atoms with van der Waals surface area (Å²) < 4.78 is 27.0. The number of hydrogen-bond donors (Lipinski definition) is 2. The van der Waals surface area contributed by atoms with Crippen molar-refractivity contribution in [1.82, 2.24) is 4.72 Å². The van der Waals surface area contributed by atoms with Crippen molar-refractivity contribution in [2.24, 2.45) is 11.3 Å². The van der Waals surface area contributed by atoms with Crippen LogP contribution in [0.4, 0.5) is 0 Å². The van der Waals surface area contributed by atoms with E-state index in [4.69, 9.17) is 0 Å². The van der Waals surface area contributed by atoms with Gasteiger partial charge < -0.3 is 5.11 Å². The van der Waals surface area contributed by atoms with Crippen molar-refractivity contribution in [3.63, 3.8) is 0 Å². The van der Waals surface area contributed by atoms with Crippen LogP contribution >= 0.6 is 0 Å². The molecule has 0 aliphatic heterocycles. The van der Waals surface area contributed by atoms with Crippen LogP contribution in [-0.4, -0.2) is 31.4 Å². The minimum Gasteiger partial charge on any atom is -0.394 e. The summed E-state index contributed by atoms with van der Waals surface area (Å²) >= 11 is 0. The highest BCUT2D eigenvalue weighted by Gasteiger charge is 2.38. The van der Waals surface area contributed by atoms with Crippen LogP contribution in [0.3, 0.4) is 0 Å². The maximum absolute atomic E-state index is 12.1. The predicted molar refractivity (Wildman–Crippen MR) is 73.8 cm³/mol. The molecule has 0 unspecified atom stereocenters. The van der Waals surface area contributed by atoms with Gasteiger partial charge in [-0.25, -0.2) is 13.1 Å². The number of hydrogen-bond acceptors (Lipinski definition) is 3. The standard InChI is InChI=1S/C13H27NO3S/c1-11-5-7-13(9-15,8-6-11)14-18(16,17)10-12(2,3)4/h11,14-15H,5-10H2,1-4H3. The predicted octanol–water partition coefficient (Wildman–Crippen LogP) is 1.89. The number of rotatable bonds is 4. The van der Waals surface area contributed by atoms with Gasteiger partial charge in [-0.1, -0.05) is 27.7 Å². The first-order valence-electron chi connectivity index (χ1n) is 6.70. The summed E-state index contributed by atoms with van der Waals surface area (Å²) in [5, 5.41) is 9.56. The summed E-state index contributed by atoms with van der Waals surface area (Å²) in [7, 11) is -3.34. The molecule has 1 aliphatic carbocycles. The number of sulfonamides is 1. The van der Waals surface area contributed by atoms with Crippen LogP contribution in [-0.2, 0) is 10.0 Å². The lowest BCUT2D eigenvalue weighted by Gasteiger charge is -2.39. The molecule has 18 heavy (non-hydrogen) atoms. The molecular weight excluding hydrogens is 250 g/mol. The van der Waals surface area contributed by atoms with E-state index < -0.39 is 15.6 Å². The zero-order valence-electron chi connectivity index (χ0n) is 12.0. The van der Waals surface area contributed by atoms with E-state index in [9.17, 15) is 13.5 Å². The summed E-state index contributed by atoms with van der Waals surface area (Å²) in [4.78, 5) is 0. The Balaban J connectivity index is 2.74. The van der Waals surface area contributed by atoms with Gasteiger partial charge in [0.15, 0.2) is 0 Å². The van der Waals surface area contributed by atoms with Gasteiger partial charge in [0.05, 0.1) is 17.9 Å². The molecule has 0 bridgehead atoms. The van der Waals surface area contributed by atoms with Gasteiger partial charge in [-0.15, -0.1) is 0 Å². The molecule has 2 N–H and O–H groups in total. The van der Waals surface area contributed by atoms with E-state index in [-0.39, 0.29) is 17.8 Å². The van der Waals surface area contributed by atoms with Gasteiger partial charge in [-0.2, -0.15) is 0 Å². The Bertz CT molecular complexity index is 362. The van der Waals surface area contributed by atoms with Gasteiger partial charge in [0.1, 0.15) is 0 Å². The van der Waals surface area contributed by atoms with E-state index in [1.807, 2.05) is 20.8 Å². The Kier molecular flexibility index (Phi) is 4.84. The SMILES string of the molecule is CC1CCC(CO)(NS(=O)(=O)CC(C)(C)C)CC1. The number of aliphatic hydroxyl groups is 1. The Morgan fingerprint density at radius 2 is 1.78 bits per heavy atom. The third-order valence-corrected chi connectivity index (χ3v) is 5.52. The Morgan fingerprint density at radius 3 is 2.17 bits per heavy atom. The second-order valence-corrected chi connectivity index (χ2v) is 8.77. The van der Waals surface area contributed by atoms with Crippen molar-refractivity contribution in [1.29, 1.82) is 0 Å². The van der Waals surface area contributed by atoms with E-state index in [1.54, 1.807) is 0 Å². The minimum atomic E-state index is -3.34. The van der Waals surface area contributed by atoms with Gasteiger partial charge in [-0.05, 0) is 37.0 Å². The van der Waals surface area contributed by atoms with Crippen molar-refractivity contribution in [2.75, 3.05) is 12.4 Å². The van der Waals surface area contributed by atoms with Crippen molar-refractivity contribution in [3.8, 4) is 0 Å². The van der Waals surface area contributed by atoms with Crippen molar-refractivity contribution < 1.29 is 13.5 Å². The van der Waals surface area contributed by atoms with Gasteiger partial charge >= 0.3 is 0 Å². The largest absolute Gasteiger partial charge is 0.394 e. The van der Waals surface area contributed by atoms with E-state index in [0.29, 0.717) is 5.92 Å². The van der Waals surface area contributed by atoms with Crippen LogP contribution < -0.4 is 4.72 Å². The van der Waals surface area contributed by atoms with Crippen molar-refractivity contribution >= 4 is 10.0 Å². The smallest absolute Gasteiger partial charge is 0.212 e. The lowest BCUT2D eigenvalue weighted by molar-refractivity contribution is 0.125. The number of aliphatic hydroxyl groups excluding tert-OH is 1. The van der Waals surface area contributed by atoms with E-state index in [1.165, 1.54) is 0 Å². The Labute approximate surface area is 111 Å². The molecule has 0 saturated heterocycles. The first-order chi connectivity index (χ1) is 8.08. The maximum atomic E-state index is 12.1. The molecule has 0 radical (unpaired) electrons. The van der Waals surface area contributed by atoms with Crippen LogP contribution in [0.25, 0.3) is 0 Å². The molecule has 1 saturated carbocycles. The molecular formula is C13H27NO3S. The zero-order chi connectivity index (χ0) is 14.0. The van der Waals surface area contributed by atoms with Gasteiger partial charge in [-0.3, -0.25) is 0 Å². The molecule has 108 valence electrons. The molecule has 0 atom stereocenters. The normalized spacial score (nSPS) is 30.4. The van der Waals surface area contributed by atoms with E-state index in [0.717, 1.165) is 25.7 Å². The van der Waals surface area contributed by atoms with Crippen LogP contribution in [0.2, 0.25) is 0 Å².